The van der Waals surface area contributed by atoms with Gasteiger partial charge in [0.2, 0.25) is 0 Å². The summed E-state index contributed by atoms with van der Waals surface area (Å²) >= 11 is 0. The molecule has 0 bridgehead atoms. The van der Waals surface area contributed by atoms with E-state index in [1.165, 1.54) is 38.8 Å². The largest absolute Gasteiger partial charge is 0.376 e. The normalized spacial score (nSPS) is 34.8. The third-order valence-corrected chi connectivity index (χ3v) is 6.10. The van der Waals surface area contributed by atoms with Crippen molar-refractivity contribution in [3.8, 4) is 0 Å². The van der Waals surface area contributed by atoms with Crippen molar-refractivity contribution in [2.24, 2.45) is 17.8 Å². The molecule has 0 radical (unpaired) electrons. The lowest BCUT2D eigenvalue weighted by Crippen LogP contribution is -2.51. The third kappa shape index (κ3) is 6.84. The molecule has 3 heteroatoms. The Hall–Kier alpha value is -0.120. The number of hydrogen-bond acceptors (Lipinski definition) is 3. The maximum atomic E-state index is 6.10. The molecule has 0 amide bonds. The number of rotatable bonds is 6. The second kappa shape index (κ2) is 8.27. The van der Waals surface area contributed by atoms with Crippen molar-refractivity contribution >= 4 is 0 Å². The Bertz CT molecular complexity index is 403. The number of nitrogens with zero attached hydrogens (tertiary/aromatic N) is 1. The average Bonchev–Trinajstić information content (AvgIpc) is 2.41. The van der Waals surface area contributed by atoms with E-state index in [1.54, 1.807) is 0 Å². The minimum Gasteiger partial charge on any atom is -0.376 e. The highest BCUT2D eigenvalue weighted by atomic mass is 16.5. The molecule has 1 aliphatic carbocycles. The lowest BCUT2D eigenvalue weighted by molar-refractivity contribution is -0.119. The highest BCUT2D eigenvalue weighted by molar-refractivity contribution is 4.90. The van der Waals surface area contributed by atoms with E-state index in [9.17, 15) is 0 Å². The molecule has 0 aromatic rings. The summed E-state index contributed by atoms with van der Waals surface area (Å²) in [6.45, 7) is 21.3. The van der Waals surface area contributed by atoms with E-state index in [4.69, 9.17) is 9.47 Å². The van der Waals surface area contributed by atoms with Crippen LogP contribution in [0.3, 0.4) is 0 Å². The molecule has 1 heterocycles. The van der Waals surface area contributed by atoms with E-state index in [1.807, 2.05) is 0 Å². The van der Waals surface area contributed by atoms with Crippen LogP contribution in [-0.4, -0.2) is 47.9 Å². The minimum atomic E-state index is -0.00849. The fourth-order valence-corrected chi connectivity index (χ4v) is 4.46. The van der Waals surface area contributed by atoms with Gasteiger partial charge in [-0.25, -0.2) is 0 Å². The van der Waals surface area contributed by atoms with Gasteiger partial charge in [-0.05, 0) is 98.4 Å². The summed E-state index contributed by atoms with van der Waals surface area (Å²) in [5.74, 6) is 2.41. The van der Waals surface area contributed by atoms with Gasteiger partial charge in [-0.1, -0.05) is 6.92 Å². The van der Waals surface area contributed by atoms with Crippen molar-refractivity contribution in [3.05, 3.63) is 0 Å². The van der Waals surface area contributed by atoms with Crippen molar-refractivity contribution < 1.29 is 9.47 Å². The van der Waals surface area contributed by atoms with E-state index in [-0.39, 0.29) is 11.2 Å². The summed E-state index contributed by atoms with van der Waals surface area (Å²) < 4.78 is 12.1. The van der Waals surface area contributed by atoms with Gasteiger partial charge in [0.1, 0.15) is 0 Å². The predicted molar refractivity (Wildman–Crippen MR) is 106 cm³/mol. The van der Waals surface area contributed by atoms with E-state index < -0.39 is 0 Å². The van der Waals surface area contributed by atoms with E-state index in [0.29, 0.717) is 12.1 Å². The molecule has 3 nitrogen and oxygen atoms in total. The Labute approximate surface area is 156 Å². The van der Waals surface area contributed by atoms with Gasteiger partial charge in [0.15, 0.2) is 0 Å². The molecule has 3 atom stereocenters. The molecular weight excluding hydrogens is 310 g/mol. The molecule has 0 spiro atoms. The molecule has 25 heavy (non-hydrogen) atoms. The average molecular weight is 354 g/mol. The first-order valence-corrected chi connectivity index (χ1v) is 10.5. The number of piperidine rings is 1. The van der Waals surface area contributed by atoms with Crippen molar-refractivity contribution in [2.45, 2.75) is 104 Å². The molecular formula is C22H43NO2. The lowest BCUT2D eigenvalue weighted by atomic mass is 9.77. The molecule has 0 aromatic heterocycles. The van der Waals surface area contributed by atoms with Crippen LogP contribution in [0.2, 0.25) is 0 Å². The summed E-state index contributed by atoms with van der Waals surface area (Å²) in [4.78, 5) is 2.74. The highest BCUT2D eigenvalue weighted by Gasteiger charge is 2.38. The van der Waals surface area contributed by atoms with Gasteiger partial charge in [0, 0.05) is 19.2 Å². The molecule has 1 saturated heterocycles. The molecule has 2 fully saturated rings. The summed E-state index contributed by atoms with van der Waals surface area (Å²) in [7, 11) is 0. The van der Waals surface area contributed by atoms with Crippen molar-refractivity contribution in [2.75, 3.05) is 19.7 Å². The summed E-state index contributed by atoms with van der Waals surface area (Å²) in [6, 6.07) is 0.691. The zero-order chi connectivity index (χ0) is 18.8. The summed E-state index contributed by atoms with van der Waals surface area (Å²) in [6.07, 6.45) is 5.52. The maximum Gasteiger partial charge on any atom is 0.0602 e. The quantitative estimate of drug-likeness (QED) is 0.660. The standard InChI is InChI=1S/C22H43NO2/c1-16-17(2)23(11-9-19(16)10-12-24-21(3,4)5)15-18-13-20(14-18)25-22(6,7)8/h16-20H,9-15H2,1-8H3/t16-,17+,18-,19-,20-/m1/s1. The molecule has 2 rings (SSSR count). The van der Waals surface area contributed by atoms with Crippen LogP contribution in [0, 0.1) is 17.8 Å². The van der Waals surface area contributed by atoms with Gasteiger partial charge in [-0.3, -0.25) is 0 Å². The minimum absolute atomic E-state index is 0.00487. The smallest absolute Gasteiger partial charge is 0.0602 e. The first-order valence-electron chi connectivity index (χ1n) is 10.5. The van der Waals surface area contributed by atoms with Crippen LogP contribution < -0.4 is 0 Å². The molecule has 1 aliphatic heterocycles. The van der Waals surface area contributed by atoms with Crippen molar-refractivity contribution in [1.29, 1.82) is 0 Å². The zero-order valence-electron chi connectivity index (χ0n) is 18.1. The van der Waals surface area contributed by atoms with E-state index in [2.05, 4.69) is 60.3 Å². The topological polar surface area (TPSA) is 21.7 Å². The Morgan fingerprint density at radius 2 is 1.60 bits per heavy atom. The van der Waals surface area contributed by atoms with E-state index in [0.717, 1.165) is 24.4 Å². The van der Waals surface area contributed by atoms with Gasteiger partial charge in [-0.2, -0.15) is 0 Å². The predicted octanol–water partition coefficient (Wildman–Crippen LogP) is 5.13. The molecule has 2 aliphatic rings. The van der Waals surface area contributed by atoms with Gasteiger partial charge in [0.25, 0.3) is 0 Å². The van der Waals surface area contributed by atoms with Gasteiger partial charge in [0.05, 0.1) is 17.3 Å². The zero-order valence-corrected chi connectivity index (χ0v) is 18.1. The maximum absolute atomic E-state index is 6.10. The molecule has 0 aromatic carbocycles. The molecule has 0 unspecified atom stereocenters. The van der Waals surface area contributed by atoms with Crippen molar-refractivity contribution in [1.82, 2.24) is 4.90 Å². The second-order valence-electron chi connectivity index (χ2n) is 10.6. The second-order valence-corrected chi connectivity index (χ2v) is 10.6. The van der Waals surface area contributed by atoms with Crippen LogP contribution >= 0.6 is 0 Å². The molecule has 1 saturated carbocycles. The first-order chi connectivity index (χ1) is 11.4. The van der Waals surface area contributed by atoms with Crippen LogP contribution in [0.4, 0.5) is 0 Å². The lowest BCUT2D eigenvalue weighted by Gasteiger charge is -2.47. The Balaban J connectivity index is 1.70. The Morgan fingerprint density at radius 3 is 2.16 bits per heavy atom. The van der Waals surface area contributed by atoms with Gasteiger partial charge in [-0.15, -0.1) is 0 Å². The summed E-state index contributed by atoms with van der Waals surface area (Å²) in [5, 5.41) is 0. The third-order valence-electron chi connectivity index (χ3n) is 6.10. The number of likely N-dealkylation sites (tertiary alicyclic amines) is 1. The van der Waals surface area contributed by atoms with Gasteiger partial charge < -0.3 is 14.4 Å². The number of hydrogen-bond donors (Lipinski definition) is 0. The first kappa shape index (κ1) is 21.2. The highest BCUT2D eigenvalue weighted by Crippen LogP contribution is 2.37. The monoisotopic (exact) mass is 353 g/mol. The Morgan fingerprint density at radius 1 is 0.960 bits per heavy atom. The van der Waals surface area contributed by atoms with Crippen LogP contribution in [0.1, 0.15) is 81.1 Å². The Kier molecular flexibility index (Phi) is 7.01. The van der Waals surface area contributed by atoms with E-state index >= 15 is 0 Å². The van der Waals surface area contributed by atoms with Crippen molar-refractivity contribution in [3.63, 3.8) is 0 Å². The number of ether oxygens (including phenoxy) is 2. The van der Waals surface area contributed by atoms with Gasteiger partial charge >= 0.3 is 0 Å². The van der Waals surface area contributed by atoms with Crippen LogP contribution in [-0.2, 0) is 9.47 Å². The molecule has 148 valence electrons. The summed E-state index contributed by atoms with van der Waals surface area (Å²) in [5.41, 5.74) is -0.00361. The fourth-order valence-electron chi connectivity index (χ4n) is 4.46. The fraction of sp³-hybridized carbons (Fsp3) is 1.00. The van der Waals surface area contributed by atoms with Crippen LogP contribution in [0.15, 0.2) is 0 Å². The SMILES string of the molecule is C[C@H]1[C@@H](CCOC(C)(C)C)CCN(C[C@H]2C[C@H](OC(C)(C)C)C2)[C@H]1C. The van der Waals surface area contributed by atoms with Crippen LogP contribution in [0.5, 0.6) is 0 Å². The van der Waals surface area contributed by atoms with Crippen LogP contribution in [0.25, 0.3) is 0 Å². The molecule has 0 N–H and O–H groups in total.